The first-order valence-corrected chi connectivity index (χ1v) is 9.81. The lowest BCUT2D eigenvalue weighted by molar-refractivity contribution is 0.167. The van der Waals surface area contributed by atoms with Crippen LogP contribution in [0, 0.1) is 31.1 Å². The van der Waals surface area contributed by atoms with Crippen molar-refractivity contribution in [2.24, 2.45) is 5.92 Å². The van der Waals surface area contributed by atoms with Gasteiger partial charge in [0.1, 0.15) is 17.5 Å². The molecule has 144 valence electrons. The fourth-order valence-corrected chi connectivity index (χ4v) is 3.78. The summed E-state index contributed by atoms with van der Waals surface area (Å²) in [4.78, 5) is 11.3. The van der Waals surface area contributed by atoms with Gasteiger partial charge >= 0.3 is 0 Å². The highest BCUT2D eigenvalue weighted by atomic mass is 16.4. The molecule has 0 atom stereocenters. The number of rotatable bonds is 5. The Morgan fingerprint density at radius 2 is 2.00 bits per heavy atom. The van der Waals surface area contributed by atoms with Gasteiger partial charge in [0.05, 0.1) is 17.8 Å². The fourth-order valence-electron chi connectivity index (χ4n) is 3.78. The molecule has 0 bridgehead atoms. The topological polar surface area (TPSA) is 78.0 Å². The van der Waals surface area contributed by atoms with Gasteiger partial charge in [-0.1, -0.05) is 18.2 Å². The second-order valence-corrected chi connectivity index (χ2v) is 7.53. The number of likely N-dealkylation sites (tertiary alicyclic amines) is 1. The zero-order chi connectivity index (χ0) is 19.5. The summed E-state index contributed by atoms with van der Waals surface area (Å²) in [5, 5.41) is 13.9. The lowest BCUT2D eigenvalue weighted by atomic mass is 9.96. The molecule has 1 saturated heterocycles. The Morgan fingerprint density at radius 1 is 1.21 bits per heavy atom. The Morgan fingerprint density at radius 3 is 2.71 bits per heavy atom. The molecule has 2 aromatic heterocycles. The van der Waals surface area contributed by atoms with Crippen LogP contribution in [-0.4, -0.2) is 34.5 Å². The molecule has 0 aliphatic carbocycles. The van der Waals surface area contributed by atoms with Crippen molar-refractivity contribution in [1.82, 2.24) is 14.9 Å². The van der Waals surface area contributed by atoms with Gasteiger partial charge in [0.25, 0.3) is 0 Å². The summed E-state index contributed by atoms with van der Waals surface area (Å²) in [6, 6.07) is 12.0. The van der Waals surface area contributed by atoms with E-state index >= 15 is 0 Å². The summed E-state index contributed by atoms with van der Waals surface area (Å²) in [5.41, 5.74) is 3.29. The smallest absolute Gasteiger partial charge is 0.208 e. The summed E-state index contributed by atoms with van der Waals surface area (Å²) >= 11 is 0. The molecule has 1 aliphatic rings. The van der Waals surface area contributed by atoms with Crippen LogP contribution in [-0.2, 0) is 6.54 Å². The normalized spacial score (nSPS) is 15.6. The second kappa shape index (κ2) is 7.99. The van der Waals surface area contributed by atoms with E-state index in [1.54, 1.807) is 0 Å². The van der Waals surface area contributed by atoms with Gasteiger partial charge in [-0.05, 0) is 57.8 Å². The minimum Gasteiger partial charge on any atom is -0.444 e. The van der Waals surface area contributed by atoms with Crippen LogP contribution in [0.25, 0.3) is 10.9 Å². The summed E-state index contributed by atoms with van der Waals surface area (Å²) < 4.78 is 5.71. The predicted molar refractivity (Wildman–Crippen MR) is 109 cm³/mol. The largest absolute Gasteiger partial charge is 0.444 e. The average molecular weight is 375 g/mol. The van der Waals surface area contributed by atoms with Gasteiger partial charge in [0, 0.05) is 17.6 Å². The summed E-state index contributed by atoms with van der Waals surface area (Å²) in [6.07, 6.45) is 2.28. The first-order valence-electron chi connectivity index (χ1n) is 9.81. The van der Waals surface area contributed by atoms with Crippen LogP contribution < -0.4 is 5.32 Å². The van der Waals surface area contributed by atoms with Crippen LogP contribution in [0.15, 0.2) is 34.7 Å². The van der Waals surface area contributed by atoms with Crippen LogP contribution in [0.3, 0.4) is 0 Å². The van der Waals surface area contributed by atoms with Gasteiger partial charge in [0.15, 0.2) is 0 Å². The molecule has 1 aromatic carbocycles. The Hall–Kier alpha value is -2.91. The van der Waals surface area contributed by atoms with Crippen LogP contribution in [0.2, 0.25) is 0 Å². The van der Waals surface area contributed by atoms with Crippen molar-refractivity contribution in [2.45, 2.75) is 33.2 Å². The number of piperidine rings is 1. The predicted octanol–water partition coefficient (Wildman–Crippen LogP) is 4.04. The number of anilines is 1. The Bertz CT molecular complexity index is 992. The van der Waals surface area contributed by atoms with E-state index < -0.39 is 0 Å². The number of aryl methyl sites for hydroxylation is 2. The highest BCUT2D eigenvalue weighted by Gasteiger charge is 2.21. The Labute approximate surface area is 165 Å². The number of aromatic nitrogens is 2. The number of benzene rings is 1. The highest BCUT2D eigenvalue weighted by Crippen LogP contribution is 2.25. The zero-order valence-corrected chi connectivity index (χ0v) is 16.4. The van der Waals surface area contributed by atoms with E-state index in [0.29, 0.717) is 11.6 Å². The molecule has 0 amide bonds. The van der Waals surface area contributed by atoms with Crippen molar-refractivity contribution < 1.29 is 4.42 Å². The van der Waals surface area contributed by atoms with Crippen molar-refractivity contribution in [3.8, 4) is 6.07 Å². The maximum Gasteiger partial charge on any atom is 0.208 e. The summed E-state index contributed by atoms with van der Waals surface area (Å²) in [7, 11) is 0. The molecule has 3 aromatic rings. The third-order valence-electron chi connectivity index (χ3n) is 5.55. The Balaban J connectivity index is 1.34. The van der Waals surface area contributed by atoms with Gasteiger partial charge in [0.2, 0.25) is 5.89 Å². The van der Waals surface area contributed by atoms with Gasteiger partial charge in [-0.25, -0.2) is 9.97 Å². The number of pyridine rings is 1. The maximum atomic E-state index is 9.25. The molecule has 6 heteroatoms. The summed E-state index contributed by atoms with van der Waals surface area (Å²) in [5.74, 6) is 2.34. The number of nitriles is 1. The monoisotopic (exact) mass is 375 g/mol. The number of nitrogens with zero attached hydrogens (tertiary/aromatic N) is 4. The second-order valence-electron chi connectivity index (χ2n) is 7.53. The number of fused-ring (bicyclic) bond motifs is 1. The number of para-hydroxylation sites is 1. The van der Waals surface area contributed by atoms with Gasteiger partial charge in [-0.2, -0.15) is 5.26 Å². The molecule has 0 spiro atoms. The molecule has 6 nitrogen and oxygen atoms in total. The zero-order valence-electron chi connectivity index (χ0n) is 16.4. The van der Waals surface area contributed by atoms with Crippen LogP contribution in [0.1, 0.15) is 35.9 Å². The number of oxazole rings is 1. The van der Waals surface area contributed by atoms with Crippen LogP contribution in [0.5, 0.6) is 0 Å². The Kier molecular flexibility index (Phi) is 5.27. The molecule has 0 radical (unpaired) electrons. The van der Waals surface area contributed by atoms with Crippen LogP contribution in [0.4, 0.5) is 5.69 Å². The third-order valence-corrected chi connectivity index (χ3v) is 5.55. The molecule has 0 unspecified atom stereocenters. The number of nitrogens with one attached hydrogen (secondary N) is 1. The lowest BCUT2D eigenvalue weighted by Gasteiger charge is -2.31. The lowest BCUT2D eigenvalue weighted by Crippen LogP contribution is -2.35. The van der Waals surface area contributed by atoms with Crippen molar-refractivity contribution in [3.05, 3.63) is 53.4 Å². The van der Waals surface area contributed by atoms with Crippen LogP contribution >= 0.6 is 0 Å². The van der Waals surface area contributed by atoms with E-state index in [0.717, 1.165) is 73.0 Å². The van der Waals surface area contributed by atoms with E-state index in [1.165, 1.54) is 0 Å². The quantitative estimate of drug-likeness (QED) is 0.725. The van der Waals surface area contributed by atoms with E-state index in [1.807, 2.05) is 38.1 Å². The fraction of sp³-hybridized carbons (Fsp3) is 0.409. The first-order chi connectivity index (χ1) is 13.6. The molecule has 1 fully saturated rings. The summed E-state index contributed by atoms with van der Waals surface area (Å²) in [6.45, 7) is 7.74. The first kappa shape index (κ1) is 18.5. The maximum absolute atomic E-state index is 9.25. The van der Waals surface area contributed by atoms with E-state index in [2.05, 4.69) is 32.3 Å². The van der Waals surface area contributed by atoms with Crippen molar-refractivity contribution in [1.29, 1.82) is 5.26 Å². The van der Waals surface area contributed by atoms with Crippen molar-refractivity contribution >= 4 is 16.6 Å². The number of hydrogen-bond donors (Lipinski definition) is 1. The van der Waals surface area contributed by atoms with E-state index in [-0.39, 0.29) is 0 Å². The minimum atomic E-state index is 0.451. The minimum absolute atomic E-state index is 0.451. The molecule has 0 saturated carbocycles. The molecular formula is C22H25N5O. The highest BCUT2D eigenvalue weighted by molar-refractivity contribution is 5.91. The molecule has 1 N–H and O–H groups in total. The third kappa shape index (κ3) is 4.00. The van der Waals surface area contributed by atoms with E-state index in [4.69, 9.17) is 4.42 Å². The molecule has 1 aliphatic heterocycles. The van der Waals surface area contributed by atoms with E-state index in [9.17, 15) is 5.26 Å². The standard InChI is InChI=1S/C22H25N5O/c1-15-16(2)28-22(25-15)14-27-9-7-17(8-10-27)13-24-21-11-18(12-23)26-20-6-4-3-5-19(20)21/h3-6,11,17H,7-10,13-14H2,1-2H3,(H,24,26). The molecule has 3 heterocycles. The van der Waals surface area contributed by atoms with Crippen molar-refractivity contribution in [2.75, 3.05) is 25.0 Å². The van der Waals surface area contributed by atoms with Gasteiger partial charge < -0.3 is 9.73 Å². The number of hydrogen-bond acceptors (Lipinski definition) is 6. The molecular weight excluding hydrogens is 350 g/mol. The average Bonchev–Trinajstić information content (AvgIpc) is 3.03. The van der Waals surface area contributed by atoms with Gasteiger partial charge in [-0.3, -0.25) is 4.90 Å². The SMILES string of the molecule is Cc1nc(CN2CCC(CNc3cc(C#N)nc4ccccc34)CC2)oc1C. The molecule has 28 heavy (non-hydrogen) atoms. The molecule has 4 rings (SSSR count). The van der Waals surface area contributed by atoms with Crippen molar-refractivity contribution in [3.63, 3.8) is 0 Å². The van der Waals surface area contributed by atoms with Gasteiger partial charge in [-0.15, -0.1) is 0 Å².